The average molecular weight is 395 g/mol. The molecular formula is C20H14FN3O5. The van der Waals surface area contributed by atoms with Gasteiger partial charge in [0.15, 0.2) is 0 Å². The molecular weight excluding hydrogens is 381 g/mol. The summed E-state index contributed by atoms with van der Waals surface area (Å²) in [5.41, 5.74) is -0.315. The minimum Gasteiger partial charge on any atom is -0.455 e. The van der Waals surface area contributed by atoms with E-state index in [0.29, 0.717) is 0 Å². The number of fused-ring (bicyclic) bond motifs is 5. The van der Waals surface area contributed by atoms with Crippen molar-refractivity contribution in [1.82, 2.24) is 5.01 Å². The van der Waals surface area contributed by atoms with Crippen LogP contribution in [0.1, 0.15) is 12.2 Å². The molecule has 146 valence electrons. The summed E-state index contributed by atoms with van der Waals surface area (Å²) in [6.07, 6.45) is 6.06. The number of nitro groups is 1. The molecule has 5 rings (SSSR count). The van der Waals surface area contributed by atoms with E-state index >= 15 is 0 Å². The predicted octanol–water partition coefficient (Wildman–Crippen LogP) is 3.13. The molecule has 2 fully saturated rings. The Morgan fingerprint density at radius 1 is 1.14 bits per heavy atom. The van der Waals surface area contributed by atoms with Gasteiger partial charge in [-0.1, -0.05) is 12.2 Å². The molecule has 29 heavy (non-hydrogen) atoms. The summed E-state index contributed by atoms with van der Waals surface area (Å²) in [6.45, 7) is 0. The van der Waals surface area contributed by atoms with Gasteiger partial charge in [0, 0.05) is 0 Å². The van der Waals surface area contributed by atoms with Crippen molar-refractivity contribution in [3.05, 3.63) is 64.2 Å². The lowest BCUT2D eigenvalue weighted by Crippen LogP contribution is -2.28. The molecule has 3 aliphatic rings. The highest BCUT2D eigenvalue weighted by Crippen LogP contribution is 2.52. The zero-order valence-electron chi connectivity index (χ0n) is 14.9. The molecule has 2 aromatic rings. The highest BCUT2D eigenvalue weighted by Gasteiger charge is 2.59. The van der Waals surface area contributed by atoms with Crippen LogP contribution in [0.2, 0.25) is 0 Å². The quantitative estimate of drug-likeness (QED) is 0.260. The van der Waals surface area contributed by atoms with Crippen molar-refractivity contribution < 1.29 is 23.3 Å². The Morgan fingerprint density at radius 2 is 1.83 bits per heavy atom. The first-order chi connectivity index (χ1) is 13.9. The number of benzene rings is 1. The van der Waals surface area contributed by atoms with Crippen LogP contribution in [0.15, 0.2) is 52.0 Å². The highest BCUT2D eigenvalue weighted by atomic mass is 19.1. The van der Waals surface area contributed by atoms with Gasteiger partial charge >= 0.3 is 0 Å². The maximum Gasteiger partial charge on any atom is 0.283 e. The van der Waals surface area contributed by atoms with Crippen molar-refractivity contribution in [3.8, 4) is 11.3 Å². The van der Waals surface area contributed by atoms with Crippen LogP contribution in [0.25, 0.3) is 11.3 Å². The number of rotatable bonds is 4. The van der Waals surface area contributed by atoms with Crippen molar-refractivity contribution >= 4 is 23.7 Å². The lowest BCUT2D eigenvalue weighted by molar-refractivity contribution is -0.384. The number of carbonyl (C=O) groups excluding carboxylic acids is 2. The van der Waals surface area contributed by atoms with Crippen molar-refractivity contribution in [1.29, 1.82) is 0 Å². The van der Waals surface area contributed by atoms with Crippen LogP contribution in [0, 0.1) is 39.6 Å². The Hall–Kier alpha value is -3.62. The van der Waals surface area contributed by atoms with Gasteiger partial charge in [-0.25, -0.2) is 4.39 Å². The molecule has 0 spiro atoms. The number of hydrogen-bond donors (Lipinski definition) is 0. The maximum absolute atomic E-state index is 13.3. The molecule has 2 heterocycles. The molecule has 1 aromatic carbocycles. The summed E-state index contributed by atoms with van der Waals surface area (Å²) in [7, 11) is 0. The van der Waals surface area contributed by atoms with Gasteiger partial charge in [-0.2, -0.15) is 10.1 Å². The van der Waals surface area contributed by atoms with E-state index in [1.807, 2.05) is 12.2 Å². The minimum absolute atomic E-state index is 0.0934. The first-order valence-corrected chi connectivity index (χ1v) is 9.08. The smallest absolute Gasteiger partial charge is 0.283 e. The van der Waals surface area contributed by atoms with E-state index in [2.05, 4.69) is 5.10 Å². The molecule has 1 aromatic heterocycles. The van der Waals surface area contributed by atoms with Gasteiger partial charge in [0.05, 0.1) is 34.6 Å². The second-order valence-electron chi connectivity index (χ2n) is 7.35. The van der Waals surface area contributed by atoms with Gasteiger partial charge in [0.1, 0.15) is 17.3 Å². The first kappa shape index (κ1) is 17.5. The Kier molecular flexibility index (Phi) is 3.73. The molecule has 1 saturated carbocycles. The Balaban J connectivity index is 1.39. The Morgan fingerprint density at radius 3 is 2.48 bits per heavy atom. The number of amides is 2. The number of hydrogen-bond acceptors (Lipinski definition) is 6. The summed E-state index contributed by atoms with van der Waals surface area (Å²) < 4.78 is 18.9. The van der Waals surface area contributed by atoms with Crippen LogP contribution < -0.4 is 0 Å². The van der Waals surface area contributed by atoms with Crippen molar-refractivity contribution in [3.63, 3.8) is 0 Å². The monoisotopic (exact) mass is 395 g/mol. The highest BCUT2D eigenvalue weighted by molar-refractivity contribution is 6.06. The van der Waals surface area contributed by atoms with Gasteiger partial charge in [-0.05, 0) is 42.5 Å². The summed E-state index contributed by atoms with van der Waals surface area (Å²) in [5.74, 6) is -1.50. The van der Waals surface area contributed by atoms with Crippen molar-refractivity contribution in [2.24, 2.45) is 28.8 Å². The van der Waals surface area contributed by atoms with E-state index in [9.17, 15) is 24.1 Å². The number of allylic oxidation sites excluding steroid dienone is 2. The van der Waals surface area contributed by atoms with Crippen LogP contribution in [-0.2, 0) is 9.59 Å². The summed E-state index contributed by atoms with van der Waals surface area (Å²) in [5, 5.41) is 16.1. The standard InChI is InChI=1S/C20H14FN3O5/c21-12-3-5-14(15(8-12)24(27)28)16-6-4-13(29-16)9-22-23-19(25)17-10-1-2-11(7-10)18(17)20(23)26/h1-6,8-11,17-18H,7H2/b22-9-/t10-,11+,17-,18-/m0/s1. The number of carbonyl (C=O) groups is 2. The van der Waals surface area contributed by atoms with Crippen LogP contribution in [0.4, 0.5) is 10.1 Å². The second kappa shape index (κ2) is 6.20. The Bertz CT molecular complexity index is 1090. The third-order valence-electron chi connectivity index (χ3n) is 5.80. The number of furan rings is 1. The lowest BCUT2D eigenvalue weighted by atomic mass is 9.85. The zero-order valence-corrected chi connectivity index (χ0v) is 14.9. The number of halogens is 1. The molecule has 0 unspecified atom stereocenters. The van der Waals surface area contributed by atoms with Gasteiger partial charge in [0.2, 0.25) is 0 Å². The number of nitro benzene ring substituents is 1. The number of hydrazone groups is 1. The van der Waals surface area contributed by atoms with Gasteiger partial charge in [-0.15, -0.1) is 0 Å². The van der Waals surface area contributed by atoms with Gasteiger partial charge < -0.3 is 4.42 Å². The average Bonchev–Trinajstić information content (AvgIpc) is 3.46. The van der Waals surface area contributed by atoms with Crippen LogP contribution in [0.5, 0.6) is 0 Å². The minimum atomic E-state index is -0.728. The van der Waals surface area contributed by atoms with E-state index in [4.69, 9.17) is 4.42 Å². The lowest BCUT2D eigenvalue weighted by Gasteiger charge is -2.13. The maximum atomic E-state index is 13.3. The van der Waals surface area contributed by atoms with Crippen LogP contribution >= 0.6 is 0 Å². The third kappa shape index (κ3) is 2.61. The summed E-state index contributed by atoms with van der Waals surface area (Å²) >= 11 is 0. The molecule has 4 atom stereocenters. The molecule has 2 bridgehead atoms. The van der Waals surface area contributed by atoms with E-state index in [1.165, 1.54) is 24.4 Å². The second-order valence-corrected chi connectivity index (χ2v) is 7.35. The molecule has 2 amide bonds. The molecule has 8 nitrogen and oxygen atoms in total. The summed E-state index contributed by atoms with van der Waals surface area (Å²) in [6, 6.07) is 6.15. The zero-order chi connectivity index (χ0) is 20.3. The normalized spacial score (nSPS) is 27.4. The van der Waals surface area contributed by atoms with Crippen molar-refractivity contribution in [2.45, 2.75) is 6.42 Å². The SMILES string of the molecule is O=C1[C@@H]2[C@@H](C(=O)N1/N=C\c1ccc(-c3ccc(F)cc3[N+](=O)[O-])o1)[C@H]1C=C[C@@H]2C1. The fraction of sp³-hybridized carbons (Fsp3) is 0.250. The first-order valence-electron chi connectivity index (χ1n) is 9.08. The van der Waals surface area contributed by atoms with E-state index in [1.54, 1.807) is 0 Å². The molecule has 2 aliphatic carbocycles. The van der Waals surface area contributed by atoms with Crippen molar-refractivity contribution in [2.75, 3.05) is 0 Å². The molecule has 9 heteroatoms. The molecule has 0 N–H and O–H groups in total. The van der Waals surface area contributed by atoms with E-state index in [0.717, 1.165) is 23.6 Å². The van der Waals surface area contributed by atoms with Gasteiger partial charge in [-0.3, -0.25) is 19.7 Å². The van der Waals surface area contributed by atoms with Crippen LogP contribution in [0.3, 0.4) is 0 Å². The topological polar surface area (TPSA) is 106 Å². The molecule has 1 saturated heterocycles. The Labute approximate surface area is 163 Å². The predicted molar refractivity (Wildman–Crippen MR) is 97.9 cm³/mol. The molecule has 1 aliphatic heterocycles. The van der Waals surface area contributed by atoms with E-state index < -0.39 is 16.4 Å². The fourth-order valence-corrected chi connectivity index (χ4v) is 4.55. The largest absolute Gasteiger partial charge is 0.455 e. The van der Waals surface area contributed by atoms with Crippen LogP contribution in [-0.4, -0.2) is 28.0 Å². The molecule has 0 radical (unpaired) electrons. The third-order valence-corrected chi connectivity index (χ3v) is 5.80. The summed E-state index contributed by atoms with van der Waals surface area (Å²) in [4.78, 5) is 35.7. The fourth-order valence-electron chi connectivity index (χ4n) is 4.55. The van der Waals surface area contributed by atoms with Gasteiger partial charge in [0.25, 0.3) is 17.5 Å². The number of nitrogens with zero attached hydrogens (tertiary/aromatic N) is 3. The van der Waals surface area contributed by atoms with E-state index in [-0.39, 0.29) is 52.6 Å². The number of imide groups is 1.